The van der Waals surface area contributed by atoms with Crippen LogP contribution in [-0.4, -0.2) is 14.5 Å². The van der Waals surface area contributed by atoms with Gasteiger partial charge in [-0.2, -0.15) is 0 Å². The van der Waals surface area contributed by atoms with Gasteiger partial charge in [-0.15, -0.1) is 0 Å². The minimum atomic E-state index is 0.614. The first kappa shape index (κ1) is 21.6. The third kappa shape index (κ3) is 3.55. The van der Waals surface area contributed by atoms with Crippen molar-refractivity contribution >= 4 is 32.9 Å². The van der Waals surface area contributed by atoms with Crippen LogP contribution in [0.1, 0.15) is 0 Å². The van der Waals surface area contributed by atoms with Gasteiger partial charge in [0.1, 0.15) is 11.3 Å². The van der Waals surface area contributed by atoms with Crippen LogP contribution in [0.4, 0.5) is 0 Å². The molecule has 0 radical (unpaired) electrons. The van der Waals surface area contributed by atoms with Crippen molar-refractivity contribution in [3.8, 4) is 39.7 Å². The topological polar surface area (TPSA) is 57.0 Å². The average molecular weight is 504 g/mol. The van der Waals surface area contributed by atoms with Gasteiger partial charge in [0.2, 0.25) is 5.89 Å². The highest BCUT2D eigenvalue weighted by molar-refractivity contribution is 6.10. The lowest BCUT2D eigenvalue weighted by Gasteiger charge is -2.11. The molecule has 0 fully saturated rings. The van der Waals surface area contributed by atoms with Gasteiger partial charge in [-0.25, -0.2) is 4.98 Å². The zero-order chi connectivity index (χ0) is 25.8. The Morgan fingerprint density at radius 1 is 0.615 bits per heavy atom. The van der Waals surface area contributed by atoms with Gasteiger partial charge in [-0.05, 0) is 66.7 Å². The van der Waals surface area contributed by atoms with E-state index in [1.54, 1.807) is 6.26 Å². The van der Waals surface area contributed by atoms with Crippen LogP contribution in [0, 0.1) is 0 Å². The van der Waals surface area contributed by atoms with E-state index in [2.05, 4.69) is 82.3 Å². The number of rotatable bonds is 4. The molecule has 0 saturated heterocycles. The summed E-state index contributed by atoms with van der Waals surface area (Å²) in [7, 11) is 0. The summed E-state index contributed by atoms with van der Waals surface area (Å²) in [5, 5.41) is 2.37. The van der Waals surface area contributed by atoms with Gasteiger partial charge in [0.05, 0.1) is 23.0 Å². The predicted molar refractivity (Wildman–Crippen MR) is 155 cm³/mol. The number of aromatic nitrogens is 3. The van der Waals surface area contributed by atoms with Crippen molar-refractivity contribution in [2.45, 2.75) is 0 Å². The minimum absolute atomic E-state index is 0.614. The summed E-state index contributed by atoms with van der Waals surface area (Å²) < 4.78 is 14.0. The van der Waals surface area contributed by atoms with Crippen molar-refractivity contribution in [2.24, 2.45) is 0 Å². The van der Waals surface area contributed by atoms with E-state index in [0.717, 1.165) is 56.0 Å². The molecule has 0 aliphatic carbocycles. The molecule has 8 rings (SSSR count). The first-order chi connectivity index (χ1) is 19.3. The molecule has 5 nitrogen and oxygen atoms in total. The third-order valence-electron chi connectivity index (χ3n) is 7.18. The summed E-state index contributed by atoms with van der Waals surface area (Å²) >= 11 is 0. The van der Waals surface area contributed by atoms with Gasteiger partial charge in [0.25, 0.3) is 0 Å². The number of furan rings is 1. The fourth-order valence-electron chi connectivity index (χ4n) is 5.37. The monoisotopic (exact) mass is 503 g/mol. The largest absolute Gasteiger partial charge is 0.464 e. The molecule has 0 spiro atoms. The van der Waals surface area contributed by atoms with Crippen molar-refractivity contribution in [3.05, 3.63) is 128 Å². The molecule has 0 atom stereocenters. The van der Waals surface area contributed by atoms with E-state index in [9.17, 15) is 0 Å². The van der Waals surface area contributed by atoms with E-state index in [0.29, 0.717) is 5.89 Å². The van der Waals surface area contributed by atoms with E-state index in [1.165, 1.54) is 10.8 Å². The molecule has 4 heterocycles. The van der Waals surface area contributed by atoms with Crippen molar-refractivity contribution in [1.82, 2.24) is 14.5 Å². The molecular weight excluding hydrogens is 482 g/mol. The van der Waals surface area contributed by atoms with E-state index in [-0.39, 0.29) is 0 Å². The second kappa shape index (κ2) is 8.57. The number of fused-ring (bicyclic) bond motifs is 4. The SMILES string of the molecule is c1cc(-c2cc(-c3ccco3)ccn2)cc(-n2c3ccccc3c3ccc(-c4nc5ccccc5o4)cc32)c1. The van der Waals surface area contributed by atoms with Gasteiger partial charge in [-0.3, -0.25) is 4.98 Å². The van der Waals surface area contributed by atoms with Gasteiger partial charge < -0.3 is 13.4 Å². The highest BCUT2D eigenvalue weighted by Gasteiger charge is 2.16. The second-order valence-corrected chi connectivity index (χ2v) is 9.53. The van der Waals surface area contributed by atoms with E-state index in [4.69, 9.17) is 13.8 Å². The Hall–Kier alpha value is -5.42. The number of nitrogens with zero attached hydrogens (tertiary/aromatic N) is 3. The van der Waals surface area contributed by atoms with Crippen LogP contribution in [-0.2, 0) is 0 Å². The molecular formula is C34H21N3O2. The van der Waals surface area contributed by atoms with Crippen molar-refractivity contribution in [1.29, 1.82) is 0 Å². The predicted octanol–water partition coefficient (Wildman–Crippen LogP) is 8.91. The number of hydrogen-bond donors (Lipinski definition) is 0. The molecule has 4 aromatic carbocycles. The molecule has 0 unspecified atom stereocenters. The number of benzene rings is 4. The fourth-order valence-corrected chi connectivity index (χ4v) is 5.37. The lowest BCUT2D eigenvalue weighted by molar-refractivity contribution is 0.582. The Balaban J connectivity index is 1.31. The summed E-state index contributed by atoms with van der Waals surface area (Å²) in [5.74, 6) is 1.44. The summed E-state index contributed by atoms with van der Waals surface area (Å²) in [6, 6.07) is 39.2. The number of para-hydroxylation sites is 3. The molecule has 0 bridgehead atoms. The smallest absolute Gasteiger partial charge is 0.227 e. The number of oxazole rings is 1. The molecule has 0 aliphatic heterocycles. The van der Waals surface area contributed by atoms with E-state index in [1.807, 2.05) is 48.7 Å². The van der Waals surface area contributed by atoms with Gasteiger partial charge in [-0.1, -0.05) is 48.5 Å². The maximum atomic E-state index is 6.11. The Kier molecular flexibility index (Phi) is 4.76. The Labute approximate surface area is 223 Å². The molecule has 0 aliphatic rings. The van der Waals surface area contributed by atoms with Crippen LogP contribution >= 0.6 is 0 Å². The fraction of sp³-hybridized carbons (Fsp3) is 0. The van der Waals surface area contributed by atoms with Crippen LogP contribution in [0.25, 0.3) is 72.6 Å². The molecule has 184 valence electrons. The van der Waals surface area contributed by atoms with Crippen LogP contribution in [0.2, 0.25) is 0 Å². The molecule has 0 amide bonds. The molecule has 5 heteroatoms. The molecule has 0 saturated carbocycles. The number of pyridine rings is 1. The first-order valence-corrected chi connectivity index (χ1v) is 12.8. The first-order valence-electron chi connectivity index (χ1n) is 12.8. The molecule has 4 aromatic heterocycles. The Morgan fingerprint density at radius 2 is 1.51 bits per heavy atom. The summed E-state index contributed by atoms with van der Waals surface area (Å²) in [5.41, 5.74) is 8.76. The van der Waals surface area contributed by atoms with Gasteiger partial charge in [0.15, 0.2) is 5.58 Å². The summed E-state index contributed by atoms with van der Waals surface area (Å²) in [6.07, 6.45) is 3.51. The van der Waals surface area contributed by atoms with Crippen LogP contribution < -0.4 is 0 Å². The summed E-state index contributed by atoms with van der Waals surface area (Å²) in [6.45, 7) is 0. The standard InChI is InChI=1S/C34H21N3O2/c1-3-11-30-26(9-1)27-15-14-24(34-36-28-10-2-4-12-33(28)39-34)21-31(27)37(30)25-8-5-7-22(19-25)29-20-23(16-17-35-29)32-13-6-18-38-32/h1-21H. The van der Waals surface area contributed by atoms with Gasteiger partial charge >= 0.3 is 0 Å². The Bertz CT molecular complexity index is 2100. The quantitative estimate of drug-likeness (QED) is 0.241. The second-order valence-electron chi connectivity index (χ2n) is 9.53. The van der Waals surface area contributed by atoms with Crippen molar-refractivity contribution in [2.75, 3.05) is 0 Å². The van der Waals surface area contributed by atoms with Crippen LogP contribution in [0.3, 0.4) is 0 Å². The maximum Gasteiger partial charge on any atom is 0.227 e. The summed E-state index contributed by atoms with van der Waals surface area (Å²) in [4.78, 5) is 9.41. The molecule has 39 heavy (non-hydrogen) atoms. The van der Waals surface area contributed by atoms with E-state index >= 15 is 0 Å². The average Bonchev–Trinajstić information content (AvgIpc) is 3.75. The zero-order valence-electron chi connectivity index (χ0n) is 20.8. The normalized spacial score (nSPS) is 11.6. The minimum Gasteiger partial charge on any atom is -0.464 e. The Morgan fingerprint density at radius 3 is 2.44 bits per heavy atom. The maximum absolute atomic E-state index is 6.11. The third-order valence-corrected chi connectivity index (χ3v) is 7.18. The number of hydrogen-bond acceptors (Lipinski definition) is 4. The highest BCUT2D eigenvalue weighted by Crippen LogP contribution is 2.36. The lowest BCUT2D eigenvalue weighted by atomic mass is 10.1. The van der Waals surface area contributed by atoms with Crippen molar-refractivity contribution < 1.29 is 8.83 Å². The highest BCUT2D eigenvalue weighted by atomic mass is 16.3. The molecule has 0 N–H and O–H groups in total. The zero-order valence-corrected chi connectivity index (χ0v) is 20.8. The van der Waals surface area contributed by atoms with E-state index < -0.39 is 0 Å². The lowest BCUT2D eigenvalue weighted by Crippen LogP contribution is -1.95. The molecule has 8 aromatic rings. The van der Waals surface area contributed by atoms with Crippen molar-refractivity contribution in [3.63, 3.8) is 0 Å². The van der Waals surface area contributed by atoms with Gasteiger partial charge in [0, 0.05) is 39.3 Å². The van der Waals surface area contributed by atoms with Crippen LogP contribution in [0.15, 0.2) is 137 Å². The van der Waals surface area contributed by atoms with Crippen LogP contribution in [0.5, 0.6) is 0 Å².